The van der Waals surface area contributed by atoms with Crippen molar-refractivity contribution in [3.05, 3.63) is 70.5 Å². The first kappa shape index (κ1) is 20.3. The SMILES string of the molecule is Cl.O=C(NCc1cc(-c2ccccn2)no1)[C@H]1[C@@H]2CNC[C@@H](C2)c2cccc(=O)n21. The van der Waals surface area contributed by atoms with Crippen LogP contribution in [0.15, 0.2) is 58.0 Å². The maximum Gasteiger partial charge on any atom is 0.251 e. The molecule has 156 valence electrons. The van der Waals surface area contributed by atoms with Gasteiger partial charge in [-0.25, -0.2) is 0 Å². The summed E-state index contributed by atoms with van der Waals surface area (Å²) in [4.78, 5) is 29.9. The van der Waals surface area contributed by atoms with Gasteiger partial charge in [0.15, 0.2) is 5.76 Å². The molecule has 9 heteroatoms. The standard InChI is InChI=1S/C21H21N5O3.ClH/c27-19-6-3-5-18-13-8-14(11-22-10-13)20(26(18)19)21(28)24-12-15-9-17(25-29-15)16-4-1-2-7-23-16;/h1-7,9,13-14,20,22H,8,10-12H2,(H,24,28);1H/t13-,14+,20-;/m1./s1. The van der Waals surface area contributed by atoms with Gasteiger partial charge in [0.2, 0.25) is 5.91 Å². The van der Waals surface area contributed by atoms with Crippen LogP contribution < -0.4 is 16.2 Å². The zero-order valence-corrected chi connectivity index (χ0v) is 17.0. The smallest absolute Gasteiger partial charge is 0.251 e. The Hall–Kier alpha value is -2.97. The molecule has 0 aromatic carbocycles. The van der Waals surface area contributed by atoms with Crippen molar-refractivity contribution in [1.29, 1.82) is 0 Å². The van der Waals surface area contributed by atoms with Crippen LogP contribution in [0.5, 0.6) is 0 Å². The summed E-state index contributed by atoms with van der Waals surface area (Å²) < 4.78 is 7.02. The number of carbonyl (C=O) groups excluding carboxylic acids is 1. The number of halogens is 1. The number of hydrogen-bond donors (Lipinski definition) is 2. The van der Waals surface area contributed by atoms with E-state index in [1.54, 1.807) is 22.9 Å². The lowest BCUT2D eigenvalue weighted by Crippen LogP contribution is -2.52. The van der Waals surface area contributed by atoms with Crippen LogP contribution in [0.25, 0.3) is 11.4 Å². The van der Waals surface area contributed by atoms with Gasteiger partial charge in [0, 0.05) is 48.9 Å². The van der Waals surface area contributed by atoms with Gasteiger partial charge in [-0.2, -0.15) is 0 Å². The van der Waals surface area contributed by atoms with Crippen LogP contribution in [-0.4, -0.2) is 33.7 Å². The minimum Gasteiger partial charge on any atom is -0.359 e. The van der Waals surface area contributed by atoms with Crippen LogP contribution in [0.1, 0.15) is 29.8 Å². The Morgan fingerprint density at radius 2 is 2.10 bits per heavy atom. The molecule has 5 heterocycles. The van der Waals surface area contributed by atoms with Crippen LogP contribution in [-0.2, 0) is 11.3 Å². The molecule has 3 aromatic rings. The van der Waals surface area contributed by atoms with Crippen molar-refractivity contribution in [1.82, 2.24) is 25.3 Å². The van der Waals surface area contributed by atoms with Crippen molar-refractivity contribution in [2.75, 3.05) is 13.1 Å². The first-order valence-electron chi connectivity index (χ1n) is 9.77. The van der Waals surface area contributed by atoms with Crippen molar-refractivity contribution in [3.63, 3.8) is 0 Å². The Morgan fingerprint density at radius 3 is 2.93 bits per heavy atom. The quantitative estimate of drug-likeness (QED) is 0.659. The highest BCUT2D eigenvalue weighted by molar-refractivity contribution is 5.85. The fraction of sp³-hybridized carbons (Fsp3) is 0.333. The largest absolute Gasteiger partial charge is 0.359 e. The van der Waals surface area contributed by atoms with E-state index < -0.39 is 6.04 Å². The molecule has 0 spiro atoms. The third-order valence-corrected chi connectivity index (χ3v) is 5.74. The van der Waals surface area contributed by atoms with Crippen LogP contribution >= 0.6 is 12.4 Å². The number of aromatic nitrogens is 3. The Bertz CT molecular complexity index is 1100. The summed E-state index contributed by atoms with van der Waals surface area (Å²) in [5.74, 6) is 0.708. The van der Waals surface area contributed by atoms with Crippen molar-refractivity contribution in [2.24, 2.45) is 5.92 Å². The van der Waals surface area contributed by atoms with E-state index in [9.17, 15) is 9.59 Å². The molecule has 5 rings (SSSR count). The molecule has 1 saturated heterocycles. The molecular formula is C21H22ClN5O3. The van der Waals surface area contributed by atoms with Gasteiger partial charge in [-0.05, 0) is 24.6 Å². The second-order valence-electron chi connectivity index (χ2n) is 7.57. The molecule has 2 aliphatic rings. The topological polar surface area (TPSA) is 102 Å². The second kappa shape index (κ2) is 8.41. The van der Waals surface area contributed by atoms with Crippen molar-refractivity contribution in [3.8, 4) is 11.4 Å². The van der Waals surface area contributed by atoms with Crippen LogP contribution in [0.4, 0.5) is 0 Å². The lowest BCUT2D eigenvalue weighted by atomic mass is 9.79. The van der Waals surface area contributed by atoms with Gasteiger partial charge in [0.1, 0.15) is 11.7 Å². The Balaban J connectivity index is 0.00000218. The van der Waals surface area contributed by atoms with Gasteiger partial charge in [-0.1, -0.05) is 17.3 Å². The Labute approximate surface area is 179 Å². The van der Waals surface area contributed by atoms with Crippen LogP contribution in [0.2, 0.25) is 0 Å². The lowest BCUT2D eigenvalue weighted by molar-refractivity contribution is -0.127. The zero-order chi connectivity index (χ0) is 19.8. The monoisotopic (exact) mass is 427 g/mol. The van der Waals surface area contributed by atoms with E-state index in [2.05, 4.69) is 20.8 Å². The van der Waals surface area contributed by atoms with E-state index in [4.69, 9.17) is 4.52 Å². The molecule has 3 atom stereocenters. The minimum absolute atomic E-state index is 0. The number of carbonyl (C=O) groups is 1. The highest BCUT2D eigenvalue weighted by atomic mass is 35.5. The molecule has 0 saturated carbocycles. The number of nitrogens with zero attached hydrogens (tertiary/aromatic N) is 3. The lowest BCUT2D eigenvalue weighted by Gasteiger charge is -2.42. The summed E-state index contributed by atoms with van der Waals surface area (Å²) in [6, 6.07) is 12.0. The number of rotatable bonds is 4. The summed E-state index contributed by atoms with van der Waals surface area (Å²) in [5.41, 5.74) is 2.13. The molecule has 0 unspecified atom stereocenters. The zero-order valence-electron chi connectivity index (χ0n) is 16.2. The van der Waals surface area contributed by atoms with Crippen LogP contribution in [0.3, 0.4) is 0 Å². The highest BCUT2D eigenvalue weighted by Crippen LogP contribution is 2.38. The molecule has 8 nitrogen and oxygen atoms in total. The molecule has 2 aliphatic heterocycles. The van der Waals surface area contributed by atoms with Gasteiger partial charge in [0.25, 0.3) is 5.56 Å². The molecule has 30 heavy (non-hydrogen) atoms. The molecular weight excluding hydrogens is 406 g/mol. The van der Waals surface area contributed by atoms with E-state index in [1.165, 1.54) is 6.07 Å². The molecule has 0 radical (unpaired) electrons. The van der Waals surface area contributed by atoms with Crippen molar-refractivity contribution >= 4 is 18.3 Å². The van der Waals surface area contributed by atoms with Crippen molar-refractivity contribution < 1.29 is 9.32 Å². The van der Waals surface area contributed by atoms with Crippen LogP contribution in [0, 0.1) is 5.92 Å². The normalized spacial score (nSPS) is 21.9. The highest BCUT2D eigenvalue weighted by Gasteiger charge is 2.41. The van der Waals surface area contributed by atoms with Gasteiger partial charge >= 0.3 is 0 Å². The van der Waals surface area contributed by atoms with E-state index in [0.29, 0.717) is 17.1 Å². The number of pyridine rings is 2. The summed E-state index contributed by atoms with van der Waals surface area (Å²) in [5, 5.41) is 10.3. The predicted octanol–water partition coefficient (Wildman–Crippen LogP) is 1.88. The molecule has 2 N–H and O–H groups in total. The number of piperidine rings is 1. The van der Waals surface area contributed by atoms with E-state index >= 15 is 0 Å². The third-order valence-electron chi connectivity index (χ3n) is 5.74. The second-order valence-corrected chi connectivity index (χ2v) is 7.57. The number of amides is 1. The maximum absolute atomic E-state index is 13.1. The summed E-state index contributed by atoms with van der Waals surface area (Å²) in [6.45, 7) is 1.76. The summed E-state index contributed by atoms with van der Waals surface area (Å²) >= 11 is 0. The van der Waals surface area contributed by atoms with E-state index in [0.717, 1.165) is 25.2 Å². The molecule has 0 aliphatic carbocycles. The fourth-order valence-electron chi connectivity index (χ4n) is 4.44. The average Bonchev–Trinajstić information content (AvgIpc) is 3.23. The third kappa shape index (κ3) is 3.64. The molecule has 1 amide bonds. The van der Waals surface area contributed by atoms with Gasteiger partial charge < -0.3 is 15.2 Å². The molecule has 2 bridgehead atoms. The van der Waals surface area contributed by atoms with Gasteiger partial charge in [-0.3, -0.25) is 19.1 Å². The Kier molecular flexibility index (Phi) is 5.69. The molecule has 3 aromatic heterocycles. The number of fused-ring (bicyclic) bond motifs is 4. The maximum atomic E-state index is 13.1. The first-order chi connectivity index (χ1) is 14.2. The minimum atomic E-state index is -0.527. The summed E-state index contributed by atoms with van der Waals surface area (Å²) in [6.07, 6.45) is 2.59. The van der Waals surface area contributed by atoms with Gasteiger partial charge in [0.05, 0.1) is 12.2 Å². The number of hydrogen-bond acceptors (Lipinski definition) is 6. The van der Waals surface area contributed by atoms with Crippen molar-refractivity contribution in [2.45, 2.75) is 24.9 Å². The van der Waals surface area contributed by atoms with E-state index in [-0.39, 0.29) is 42.3 Å². The molecule has 1 fully saturated rings. The summed E-state index contributed by atoms with van der Waals surface area (Å²) in [7, 11) is 0. The average molecular weight is 428 g/mol. The van der Waals surface area contributed by atoms with Gasteiger partial charge in [-0.15, -0.1) is 12.4 Å². The van der Waals surface area contributed by atoms with E-state index in [1.807, 2.05) is 24.3 Å². The predicted molar refractivity (Wildman–Crippen MR) is 112 cm³/mol. The first-order valence-corrected chi connectivity index (χ1v) is 9.77. The fourth-order valence-corrected chi connectivity index (χ4v) is 4.44. The Morgan fingerprint density at radius 1 is 1.20 bits per heavy atom. The number of nitrogens with one attached hydrogen (secondary N) is 2.